The molecule has 0 aromatic heterocycles. The molecule has 1 N–H and O–H groups in total. The maximum Gasteiger partial charge on any atom is 0.0423 e. The summed E-state index contributed by atoms with van der Waals surface area (Å²) in [4.78, 5) is 2.48. The second-order valence-corrected chi connectivity index (χ2v) is 5.21. The first-order chi connectivity index (χ1) is 8.22. The van der Waals surface area contributed by atoms with Gasteiger partial charge in [-0.2, -0.15) is 0 Å². The molecule has 1 rings (SSSR count). The summed E-state index contributed by atoms with van der Waals surface area (Å²) in [6, 6.07) is 6.55. The van der Waals surface area contributed by atoms with Gasteiger partial charge in [0, 0.05) is 29.8 Å². The number of nitrogens with one attached hydrogen (secondary N) is 1. The Balaban J connectivity index is 3.00. The van der Waals surface area contributed by atoms with Crippen molar-refractivity contribution in [3.8, 4) is 0 Å². The minimum atomic E-state index is 0.923. The average Bonchev–Trinajstić information content (AvgIpc) is 2.31. The van der Waals surface area contributed by atoms with E-state index in [9.17, 15) is 0 Å². The normalized spacial score (nSPS) is 10.6. The largest absolute Gasteiger partial charge is 0.371 e. The summed E-state index contributed by atoms with van der Waals surface area (Å²) in [5.74, 6) is 0. The van der Waals surface area contributed by atoms with Crippen molar-refractivity contribution in [3.63, 3.8) is 0 Å². The van der Waals surface area contributed by atoms with E-state index in [0.29, 0.717) is 0 Å². The van der Waals surface area contributed by atoms with Gasteiger partial charge < -0.3 is 10.2 Å². The molecule has 0 saturated carbocycles. The van der Waals surface area contributed by atoms with Gasteiger partial charge in [0.15, 0.2) is 0 Å². The number of anilines is 1. The highest BCUT2D eigenvalue weighted by Crippen LogP contribution is 2.25. The molecule has 1 aromatic carbocycles. The summed E-state index contributed by atoms with van der Waals surface area (Å²) < 4.78 is 1.16. The van der Waals surface area contributed by atoms with E-state index in [2.05, 4.69) is 58.2 Å². The van der Waals surface area contributed by atoms with E-state index in [0.717, 1.165) is 24.1 Å². The predicted molar refractivity (Wildman–Crippen MR) is 79.7 cm³/mol. The Hall–Kier alpha value is -0.540. The van der Waals surface area contributed by atoms with E-state index >= 15 is 0 Å². The van der Waals surface area contributed by atoms with Gasteiger partial charge in [0.1, 0.15) is 0 Å². The van der Waals surface area contributed by atoms with E-state index < -0.39 is 0 Å². The molecule has 0 aliphatic rings. The van der Waals surface area contributed by atoms with Gasteiger partial charge in [-0.05, 0) is 37.6 Å². The Morgan fingerprint density at radius 2 is 1.82 bits per heavy atom. The molecule has 0 atom stereocenters. The number of nitrogens with zero attached hydrogens (tertiary/aromatic N) is 1. The van der Waals surface area contributed by atoms with E-state index in [1.807, 2.05) is 7.05 Å². The van der Waals surface area contributed by atoms with Crippen LogP contribution in [-0.2, 0) is 6.54 Å². The van der Waals surface area contributed by atoms with Crippen molar-refractivity contribution in [2.45, 2.75) is 33.2 Å². The molecule has 2 nitrogen and oxygen atoms in total. The molecule has 0 spiro atoms. The van der Waals surface area contributed by atoms with E-state index in [4.69, 9.17) is 0 Å². The van der Waals surface area contributed by atoms with E-state index in [-0.39, 0.29) is 0 Å². The maximum atomic E-state index is 3.57. The van der Waals surface area contributed by atoms with Crippen molar-refractivity contribution in [1.82, 2.24) is 5.32 Å². The quantitative estimate of drug-likeness (QED) is 0.824. The molecule has 0 saturated heterocycles. The van der Waals surface area contributed by atoms with Gasteiger partial charge in [0.2, 0.25) is 0 Å². The monoisotopic (exact) mass is 298 g/mol. The first kappa shape index (κ1) is 14.5. The molecule has 96 valence electrons. The van der Waals surface area contributed by atoms with Crippen LogP contribution in [0.5, 0.6) is 0 Å². The van der Waals surface area contributed by atoms with Crippen LogP contribution in [0, 0.1) is 0 Å². The zero-order valence-corrected chi connectivity index (χ0v) is 12.7. The van der Waals surface area contributed by atoms with Crippen LogP contribution in [0.15, 0.2) is 22.7 Å². The van der Waals surface area contributed by atoms with Crippen LogP contribution in [0.3, 0.4) is 0 Å². The Morgan fingerprint density at radius 1 is 1.18 bits per heavy atom. The standard InChI is InChI=1S/C14H23BrN2/c1-4-8-17(9-5-2)14-10-13(15)7-6-12(14)11-16-3/h6-7,10,16H,4-5,8-9,11H2,1-3H3. The molecule has 1 aromatic rings. The van der Waals surface area contributed by atoms with Crippen molar-refractivity contribution < 1.29 is 0 Å². The van der Waals surface area contributed by atoms with Crippen LogP contribution >= 0.6 is 15.9 Å². The Bertz CT molecular complexity index is 333. The molecule has 0 heterocycles. The summed E-state index contributed by atoms with van der Waals surface area (Å²) in [7, 11) is 2.00. The third-order valence-electron chi connectivity index (χ3n) is 2.74. The minimum Gasteiger partial charge on any atom is -0.371 e. The molecule has 0 radical (unpaired) electrons. The number of hydrogen-bond acceptors (Lipinski definition) is 2. The molecule has 17 heavy (non-hydrogen) atoms. The van der Waals surface area contributed by atoms with Crippen molar-refractivity contribution in [1.29, 1.82) is 0 Å². The van der Waals surface area contributed by atoms with Gasteiger partial charge in [0.25, 0.3) is 0 Å². The minimum absolute atomic E-state index is 0.923. The summed E-state index contributed by atoms with van der Waals surface area (Å²) in [6.45, 7) is 7.64. The van der Waals surface area contributed by atoms with Crippen molar-refractivity contribution in [2.75, 3.05) is 25.0 Å². The molecule has 0 aliphatic carbocycles. The lowest BCUT2D eigenvalue weighted by atomic mass is 10.1. The SMILES string of the molecule is CCCN(CCC)c1cc(Br)ccc1CNC. The molecule has 0 fully saturated rings. The van der Waals surface area contributed by atoms with Crippen LogP contribution in [0.25, 0.3) is 0 Å². The lowest BCUT2D eigenvalue weighted by Gasteiger charge is -2.26. The Kier molecular flexibility index (Phi) is 6.60. The van der Waals surface area contributed by atoms with Gasteiger partial charge in [-0.15, -0.1) is 0 Å². The molecule has 0 bridgehead atoms. The highest BCUT2D eigenvalue weighted by molar-refractivity contribution is 9.10. The first-order valence-corrected chi connectivity index (χ1v) is 7.20. The fourth-order valence-corrected chi connectivity index (χ4v) is 2.41. The lowest BCUT2D eigenvalue weighted by Crippen LogP contribution is -2.26. The van der Waals surface area contributed by atoms with E-state index in [1.165, 1.54) is 24.1 Å². The zero-order chi connectivity index (χ0) is 12.7. The molecule has 0 amide bonds. The van der Waals surface area contributed by atoms with Crippen LogP contribution in [0.2, 0.25) is 0 Å². The molecular weight excluding hydrogens is 276 g/mol. The van der Waals surface area contributed by atoms with Crippen LogP contribution < -0.4 is 10.2 Å². The fraction of sp³-hybridized carbons (Fsp3) is 0.571. The zero-order valence-electron chi connectivity index (χ0n) is 11.1. The van der Waals surface area contributed by atoms with Crippen LogP contribution in [-0.4, -0.2) is 20.1 Å². The maximum absolute atomic E-state index is 3.57. The highest BCUT2D eigenvalue weighted by atomic mass is 79.9. The van der Waals surface area contributed by atoms with Crippen molar-refractivity contribution >= 4 is 21.6 Å². The summed E-state index contributed by atoms with van der Waals surface area (Å²) in [6.07, 6.45) is 2.37. The van der Waals surface area contributed by atoms with E-state index in [1.54, 1.807) is 0 Å². The van der Waals surface area contributed by atoms with Crippen molar-refractivity contribution in [3.05, 3.63) is 28.2 Å². The lowest BCUT2D eigenvalue weighted by molar-refractivity contribution is 0.731. The van der Waals surface area contributed by atoms with Crippen molar-refractivity contribution in [2.24, 2.45) is 0 Å². The average molecular weight is 299 g/mol. The Labute approximate surface area is 114 Å². The van der Waals surface area contributed by atoms with Gasteiger partial charge in [0.05, 0.1) is 0 Å². The Morgan fingerprint density at radius 3 is 2.35 bits per heavy atom. The topological polar surface area (TPSA) is 15.3 Å². The molecule has 0 aliphatic heterocycles. The second-order valence-electron chi connectivity index (χ2n) is 4.29. The molecule has 0 unspecified atom stereocenters. The van der Waals surface area contributed by atoms with Gasteiger partial charge in [-0.3, -0.25) is 0 Å². The van der Waals surface area contributed by atoms with Crippen LogP contribution in [0.1, 0.15) is 32.3 Å². The number of hydrogen-bond donors (Lipinski definition) is 1. The summed E-state index contributed by atoms with van der Waals surface area (Å²) in [5.41, 5.74) is 2.73. The van der Waals surface area contributed by atoms with Gasteiger partial charge in [-0.25, -0.2) is 0 Å². The number of rotatable bonds is 7. The van der Waals surface area contributed by atoms with Gasteiger partial charge >= 0.3 is 0 Å². The fourth-order valence-electron chi connectivity index (χ4n) is 2.06. The third kappa shape index (κ3) is 4.32. The summed E-state index contributed by atoms with van der Waals surface area (Å²) >= 11 is 3.57. The summed E-state index contributed by atoms with van der Waals surface area (Å²) in [5, 5.41) is 3.24. The first-order valence-electron chi connectivity index (χ1n) is 6.40. The number of halogens is 1. The predicted octanol–water partition coefficient (Wildman–Crippen LogP) is 3.79. The second kappa shape index (κ2) is 7.72. The van der Waals surface area contributed by atoms with Gasteiger partial charge in [-0.1, -0.05) is 35.8 Å². The highest BCUT2D eigenvalue weighted by Gasteiger charge is 2.10. The van der Waals surface area contributed by atoms with Crippen LogP contribution in [0.4, 0.5) is 5.69 Å². The smallest absolute Gasteiger partial charge is 0.0423 e. The third-order valence-corrected chi connectivity index (χ3v) is 3.24. The number of benzene rings is 1. The molecular formula is C14H23BrN2. The molecule has 3 heteroatoms.